The Hall–Kier alpha value is -2.63. The number of nitrogens with zero attached hydrogens (tertiary/aromatic N) is 3. The highest BCUT2D eigenvalue weighted by molar-refractivity contribution is 5.66. The van der Waals surface area contributed by atoms with Crippen molar-refractivity contribution in [3.8, 4) is 11.8 Å². The summed E-state index contributed by atoms with van der Waals surface area (Å²) in [5, 5.41) is 8.86. The third-order valence-electron chi connectivity index (χ3n) is 4.36. The lowest BCUT2D eigenvalue weighted by molar-refractivity contribution is 0.105. The quantitative estimate of drug-likeness (QED) is 0.938. The average molecular weight is 311 g/mol. The monoisotopic (exact) mass is 311 g/mol. The first-order valence-corrected chi connectivity index (χ1v) is 7.77. The van der Waals surface area contributed by atoms with Crippen molar-refractivity contribution in [2.75, 3.05) is 13.1 Å². The third kappa shape index (κ3) is 2.97. The van der Waals surface area contributed by atoms with Crippen molar-refractivity contribution in [1.82, 2.24) is 14.9 Å². The van der Waals surface area contributed by atoms with Crippen LogP contribution in [0.15, 0.2) is 36.5 Å². The van der Waals surface area contributed by atoms with Gasteiger partial charge < -0.3 is 14.7 Å². The van der Waals surface area contributed by atoms with Gasteiger partial charge in [-0.2, -0.15) is 4.98 Å². The van der Waals surface area contributed by atoms with Crippen LogP contribution in [0.1, 0.15) is 35.9 Å². The van der Waals surface area contributed by atoms with Crippen molar-refractivity contribution in [1.29, 1.82) is 0 Å². The molecule has 0 spiro atoms. The Morgan fingerprint density at radius 3 is 2.52 bits per heavy atom. The van der Waals surface area contributed by atoms with E-state index in [0.29, 0.717) is 30.8 Å². The molecule has 23 heavy (non-hydrogen) atoms. The molecule has 6 heteroatoms. The fourth-order valence-electron chi connectivity index (χ4n) is 2.77. The van der Waals surface area contributed by atoms with Crippen molar-refractivity contribution in [2.24, 2.45) is 0 Å². The molecule has 0 unspecified atom stereocenters. The minimum Gasteiger partial charge on any atom is -0.465 e. The Balaban J connectivity index is 1.40. The normalized spacial score (nSPS) is 17.7. The first kappa shape index (κ1) is 14.0. The number of benzene rings is 1. The van der Waals surface area contributed by atoms with Crippen LogP contribution < -0.4 is 4.74 Å². The summed E-state index contributed by atoms with van der Waals surface area (Å²) in [5.74, 6) is 1.53. The number of ether oxygens (including phenoxy) is 1. The molecule has 1 aromatic heterocycles. The number of rotatable bonds is 4. The number of carboxylic acid groups (broad SMARTS) is 1. The van der Waals surface area contributed by atoms with Crippen molar-refractivity contribution in [3.63, 3.8) is 0 Å². The van der Waals surface area contributed by atoms with Gasteiger partial charge in [0, 0.05) is 31.1 Å². The maximum atomic E-state index is 10.8. The molecule has 2 aromatic rings. The van der Waals surface area contributed by atoms with Crippen molar-refractivity contribution in [2.45, 2.75) is 24.7 Å². The van der Waals surface area contributed by atoms with Gasteiger partial charge in [-0.3, -0.25) is 0 Å². The van der Waals surface area contributed by atoms with E-state index in [4.69, 9.17) is 9.84 Å². The van der Waals surface area contributed by atoms with Crippen molar-refractivity contribution < 1.29 is 14.6 Å². The van der Waals surface area contributed by atoms with Gasteiger partial charge in [-0.05, 0) is 36.6 Å². The molecule has 1 aromatic carbocycles. The minimum absolute atomic E-state index is 0.273. The zero-order valence-corrected chi connectivity index (χ0v) is 12.6. The lowest BCUT2D eigenvalue weighted by Gasteiger charge is -2.37. The van der Waals surface area contributed by atoms with Crippen LogP contribution in [0.2, 0.25) is 0 Å². The number of aromatic nitrogens is 2. The van der Waals surface area contributed by atoms with Crippen LogP contribution in [-0.4, -0.2) is 39.2 Å². The summed E-state index contributed by atoms with van der Waals surface area (Å²) in [7, 11) is 0. The molecule has 1 saturated carbocycles. The SMILES string of the molecule is O=C(O)N1CC(c2ccc(Oc3nccc(C4CC4)n3)cc2)C1. The lowest BCUT2D eigenvalue weighted by Crippen LogP contribution is -2.47. The van der Waals surface area contributed by atoms with E-state index in [1.54, 1.807) is 6.20 Å². The molecule has 118 valence electrons. The van der Waals surface area contributed by atoms with E-state index in [2.05, 4.69) is 9.97 Å². The molecule has 1 aliphatic carbocycles. The topological polar surface area (TPSA) is 75.5 Å². The molecule has 1 N–H and O–H groups in total. The predicted octanol–water partition coefficient (Wildman–Crippen LogP) is 3.22. The van der Waals surface area contributed by atoms with Crippen LogP contribution in [-0.2, 0) is 0 Å². The standard InChI is InChI=1S/C17H17N3O3/c21-17(22)20-9-13(10-20)11-3-5-14(6-4-11)23-16-18-8-7-15(19-16)12-1-2-12/h3-8,12-13H,1-2,9-10H2,(H,21,22). The number of likely N-dealkylation sites (tertiary alicyclic amines) is 1. The van der Waals surface area contributed by atoms with Crippen molar-refractivity contribution in [3.05, 3.63) is 47.8 Å². The number of hydrogen-bond donors (Lipinski definition) is 1. The highest BCUT2D eigenvalue weighted by atomic mass is 16.5. The van der Waals surface area contributed by atoms with Gasteiger partial charge in [0.15, 0.2) is 0 Å². The van der Waals surface area contributed by atoms with E-state index in [1.165, 1.54) is 17.7 Å². The Bertz CT molecular complexity index is 722. The van der Waals surface area contributed by atoms with Crippen LogP contribution in [0.3, 0.4) is 0 Å². The fourth-order valence-corrected chi connectivity index (χ4v) is 2.77. The summed E-state index contributed by atoms with van der Waals surface area (Å²) in [6.07, 6.45) is 3.27. The van der Waals surface area contributed by atoms with Crippen LogP contribution in [0.5, 0.6) is 11.8 Å². The summed E-state index contributed by atoms with van der Waals surface area (Å²) in [4.78, 5) is 20.8. The second kappa shape index (κ2) is 5.53. The molecule has 1 amide bonds. The second-order valence-corrected chi connectivity index (χ2v) is 6.09. The molecular weight excluding hydrogens is 294 g/mol. The minimum atomic E-state index is -0.853. The maximum absolute atomic E-state index is 10.8. The highest BCUT2D eigenvalue weighted by Gasteiger charge is 2.31. The van der Waals surface area contributed by atoms with Gasteiger partial charge in [0.05, 0.1) is 5.69 Å². The molecular formula is C17H17N3O3. The first-order chi connectivity index (χ1) is 11.2. The molecule has 0 radical (unpaired) electrons. The van der Waals surface area contributed by atoms with Gasteiger partial charge >= 0.3 is 12.1 Å². The molecule has 0 atom stereocenters. The largest absolute Gasteiger partial charge is 0.465 e. The summed E-state index contributed by atoms with van der Waals surface area (Å²) < 4.78 is 5.72. The number of hydrogen-bond acceptors (Lipinski definition) is 4. The van der Waals surface area contributed by atoms with E-state index < -0.39 is 6.09 Å². The molecule has 2 fully saturated rings. The van der Waals surface area contributed by atoms with Gasteiger partial charge in [0.25, 0.3) is 0 Å². The van der Waals surface area contributed by atoms with E-state index in [0.717, 1.165) is 11.3 Å². The highest BCUT2D eigenvalue weighted by Crippen LogP contribution is 2.39. The maximum Gasteiger partial charge on any atom is 0.407 e. The fraction of sp³-hybridized carbons (Fsp3) is 0.353. The molecule has 0 bridgehead atoms. The number of amides is 1. The average Bonchev–Trinajstić information content (AvgIpc) is 3.32. The van der Waals surface area contributed by atoms with Crippen LogP contribution >= 0.6 is 0 Å². The van der Waals surface area contributed by atoms with Crippen LogP contribution in [0.25, 0.3) is 0 Å². The van der Waals surface area contributed by atoms with E-state index in [9.17, 15) is 4.79 Å². The smallest absolute Gasteiger partial charge is 0.407 e. The van der Waals surface area contributed by atoms with E-state index >= 15 is 0 Å². The molecule has 1 aliphatic heterocycles. The number of carbonyl (C=O) groups is 1. The van der Waals surface area contributed by atoms with E-state index in [1.807, 2.05) is 30.3 Å². The summed E-state index contributed by atoms with van der Waals surface area (Å²) in [6, 6.07) is 10.0. The zero-order valence-electron chi connectivity index (χ0n) is 12.6. The van der Waals surface area contributed by atoms with Crippen molar-refractivity contribution >= 4 is 6.09 Å². The van der Waals surface area contributed by atoms with Crippen LogP contribution in [0, 0.1) is 0 Å². The molecule has 2 heterocycles. The predicted molar refractivity (Wildman–Crippen MR) is 82.9 cm³/mol. The Morgan fingerprint density at radius 1 is 1.13 bits per heavy atom. The molecule has 2 aliphatic rings. The zero-order chi connectivity index (χ0) is 15.8. The third-order valence-corrected chi connectivity index (χ3v) is 4.36. The first-order valence-electron chi connectivity index (χ1n) is 7.77. The lowest BCUT2D eigenvalue weighted by atomic mass is 9.92. The summed E-state index contributed by atoms with van der Waals surface area (Å²) >= 11 is 0. The van der Waals surface area contributed by atoms with Crippen LogP contribution in [0.4, 0.5) is 4.79 Å². The summed E-state index contributed by atoms with van der Waals surface area (Å²) in [5.41, 5.74) is 2.18. The molecule has 4 rings (SSSR count). The Kier molecular flexibility index (Phi) is 3.37. The second-order valence-electron chi connectivity index (χ2n) is 6.09. The van der Waals surface area contributed by atoms with Gasteiger partial charge in [0.1, 0.15) is 5.75 Å². The molecule has 6 nitrogen and oxygen atoms in total. The van der Waals surface area contributed by atoms with Gasteiger partial charge in [-0.25, -0.2) is 9.78 Å². The van der Waals surface area contributed by atoms with E-state index in [-0.39, 0.29) is 5.92 Å². The van der Waals surface area contributed by atoms with Gasteiger partial charge in [0.2, 0.25) is 0 Å². The summed E-state index contributed by atoms with van der Waals surface area (Å²) in [6.45, 7) is 1.12. The molecule has 1 saturated heterocycles. The Labute approximate surface area is 133 Å². The van der Waals surface area contributed by atoms with Gasteiger partial charge in [-0.15, -0.1) is 0 Å². The Morgan fingerprint density at radius 2 is 1.87 bits per heavy atom. The van der Waals surface area contributed by atoms with Gasteiger partial charge in [-0.1, -0.05) is 12.1 Å².